The zero-order chi connectivity index (χ0) is 22.7. The average Bonchev–Trinajstić information content (AvgIpc) is 3.15. The molecule has 0 aliphatic rings. The van der Waals surface area contributed by atoms with E-state index >= 15 is 0 Å². The van der Waals surface area contributed by atoms with Crippen LogP contribution in [0.1, 0.15) is 25.0 Å². The second-order valence-corrected chi connectivity index (χ2v) is 6.39. The Balaban J connectivity index is 2.84. The summed E-state index contributed by atoms with van der Waals surface area (Å²) in [6.07, 6.45) is 2.43. The molecule has 0 saturated carbocycles. The predicted octanol–water partition coefficient (Wildman–Crippen LogP) is -3.14. The van der Waals surface area contributed by atoms with Crippen LogP contribution >= 0.6 is 0 Å². The van der Waals surface area contributed by atoms with Gasteiger partial charge in [0.2, 0.25) is 11.8 Å². The number of amides is 2. The number of hydrogen-bond donors (Lipinski definition) is 8. The molecule has 2 amide bonds. The van der Waals surface area contributed by atoms with E-state index < -0.39 is 48.3 Å². The number of nitrogens with one attached hydrogen (secondary N) is 3. The lowest BCUT2D eigenvalue weighted by Gasteiger charge is -2.22. The quantitative estimate of drug-likeness (QED) is 0.0893. The van der Waals surface area contributed by atoms with Crippen LogP contribution in [-0.2, 0) is 25.6 Å². The van der Waals surface area contributed by atoms with E-state index in [1.807, 2.05) is 0 Å². The fourth-order valence-corrected chi connectivity index (χ4v) is 2.42. The Labute approximate surface area is 171 Å². The van der Waals surface area contributed by atoms with Crippen LogP contribution in [0.15, 0.2) is 17.5 Å². The minimum Gasteiger partial charge on any atom is -0.481 e. The highest BCUT2D eigenvalue weighted by atomic mass is 16.4. The van der Waals surface area contributed by atoms with Gasteiger partial charge in [-0.05, 0) is 12.8 Å². The molecule has 0 aliphatic heterocycles. The van der Waals surface area contributed by atoms with Gasteiger partial charge in [0.25, 0.3) is 0 Å². The second-order valence-electron chi connectivity index (χ2n) is 6.39. The zero-order valence-electron chi connectivity index (χ0n) is 16.1. The maximum atomic E-state index is 12.6. The van der Waals surface area contributed by atoms with E-state index in [4.69, 9.17) is 22.3 Å². The monoisotopic (exact) mass is 426 g/mol. The zero-order valence-corrected chi connectivity index (χ0v) is 16.1. The highest BCUT2D eigenvalue weighted by Gasteiger charge is 2.28. The molecule has 1 rings (SSSR count). The van der Waals surface area contributed by atoms with Gasteiger partial charge in [0.05, 0.1) is 18.8 Å². The Kier molecular flexibility index (Phi) is 9.75. The van der Waals surface area contributed by atoms with Gasteiger partial charge in [-0.15, -0.1) is 0 Å². The molecule has 30 heavy (non-hydrogen) atoms. The number of guanidine groups is 1. The largest absolute Gasteiger partial charge is 0.481 e. The molecule has 0 unspecified atom stereocenters. The Hall–Kier alpha value is -3.68. The molecule has 3 atom stereocenters. The van der Waals surface area contributed by atoms with E-state index in [0.29, 0.717) is 5.69 Å². The number of aromatic amines is 1. The van der Waals surface area contributed by atoms with Crippen molar-refractivity contribution in [2.24, 2.45) is 22.2 Å². The van der Waals surface area contributed by atoms with E-state index in [0.717, 1.165) is 0 Å². The van der Waals surface area contributed by atoms with Crippen LogP contribution in [0.25, 0.3) is 0 Å². The summed E-state index contributed by atoms with van der Waals surface area (Å²) in [6, 6.07) is -3.84. The van der Waals surface area contributed by atoms with Crippen molar-refractivity contribution in [1.82, 2.24) is 20.6 Å². The fraction of sp³-hybridized carbons (Fsp3) is 0.500. The Morgan fingerprint density at radius 3 is 2.33 bits per heavy atom. The van der Waals surface area contributed by atoms with Crippen molar-refractivity contribution in [2.45, 2.75) is 43.8 Å². The van der Waals surface area contributed by atoms with Gasteiger partial charge in [-0.1, -0.05) is 0 Å². The third-order valence-electron chi connectivity index (χ3n) is 3.90. The summed E-state index contributed by atoms with van der Waals surface area (Å²) in [4.78, 5) is 57.3. The minimum absolute atomic E-state index is 0.0601. The molecule has 14 heteroatoms. The summed E-state index contributed by atoms with van der Waals surface area (Å²) in [7, 11) is 0. The maximum Gasteiger partial charge on any atom is 0.326 e. The van der Waals surface area contributed by atoms with Crippen molar-refractivity contribution in [3.05, 3.63) is 18.2 Å². The summed E-state index contributed by atoms with van der Waals surface area (Å²) >= 11 is 0. The molecular weight excluding hydrogens is 400 g/mol. The number of nitrogens with two attached hydrogens (primary N) is 3. The number of imidazole rings is 1. The number of nitrogens with zero attached hydrogens (tertiary/aromatic N) is 2. The second kappa shape index (κ2) is 12.0. The number of aromatic nitrogens is 2. The number of carbonyl (C=O) groups is 4. The van der Waals surface area contributed by atoms with E-state index in [1.54, 1.807) is 0 Å². The van der Waals surface area contributed by atoms with Crippen molar-refractivity contribution >= 4 is 29.7 Å². The molecule has 11 N–H and O–H groups in total. The van der Waals surface area contributed by atoms with Crippen LogP contribution in [0.4, 0.5) is 0 Å². The standard InChI is InChI=1S/C16H26N8O6/c17-9(5-12(25)26)13(27)23-10(2-1-3-21-16(18)19)14(28)24-11(15(29)30)4-8-6-20-7-22-8/h6-7,9-11H,1-5,17H2,(H,20,22)(H,23,27)(H,24,28)(H,25,26)(H,29,30)(H4,18,19,21)/t9-,10-,11-/m0/s1. The lowest BCUT2D eigenvalue weighted by Crippen LogP contribution is -2.55. The van der Waals surface area contributed by atoms with E-state index in [2.05, 4.69) is 25.6 Å². The van der Waals surface area contributed by atoms with Gasteiger partial charge in [-0.2, -0.15) is 0 Å². The highest BCUT2D eigenvalue weighted by Crippen LogP contribution is 2.04. The van der Waals surface area contributed by atoms with E-state index in [9.17, 15) is 24.3 Å². The third kappa shape index (κ3) is 9.01. The number of hydrogen-bond acceptors (Lipinski definition) is 7. The molecule has 14 nitrogen and oxygen atoms in total. The number of H-pyrrole nitrogens is 1. The van der Waals surface area contributed by atoms with Crippen LogP contribution in [0, 0.1) is 0 Å². The lowest BCUT2D eigenvalue weighted by molar-refractivity contribution is -0.142. The Bertz CT molecular complexity index is 762. The molecule has 0 aliphatic carbocycles. The van der Waals surface area contributed by atoms with E-state index in [-0.39, 0.29) is 31.8 Å². The van der Waals surface area contributed by atoms with Crippen LogP contribution < -0.4 is 27.8 Å². The normalized spacial score (nSPS) is 13.5. The number of carbonyl (C=O) groups excluding carboxylic acids is 2. The van der Waals surface area contributed by atoms with Crippen LogP contribution in [0.2, 0.25) is 0 Å². The predicted molar refractivity (Wildman–Crippen MR) is 104 cm³/mol. The average molecular weight is 426 g/mol. The molecule has 166 valence electrons. The van der Waals surface area contributed by atoms with Crippen molar-refractivity contribution in [3.63, 3.8) is 0 Å². The Morgan fingerprint density at radius 1 is 1.13 bits per heavy atom. The number of carboxylic acids is 2. The molecule has 0 spiro atoms. The molecule has 0 bridgehead atoms. The van der Waals surface area contributed by atoms with Gasteiger partial charge < -0.3 is 43.0 Å². The molecule has 0 aromatic carbocycles. The molecule has 0 saturated heterocycles. The summed E-state index contributed by atoms with van der Waals surface area (Å²) in [5.41, 5.74) is 16.5. The summed E-state index contributed by atoms with van der Waals surface area (Å²) in [6.45, 7) is 0.166. The first kappa shape index (κ1) is 24.4. The number of aliphatic carboxylic acids is 2. The van der Waals surface area contributed by atoms with Crippen LogP contribution in [0.3, 0.4) is 0 Å². The smallest absolute Gasteiger partial charge is 0.326 e. The maximum absolute atomic E-state index is 12.6. The van der Waals surface area contributed by atoms with Crippen molar-refractivity contribution in [3.8, 4) is 0 Å². The summed E-state index contributed by atoms with van der Waals surface area (Å²) in [5.74, 6) is -4.35. The van der Waals surface area contributed by atoms with E-state index in [1.165, 1.54) is 12.5 Å². The topological polar surface area (TPSA) is 252 Å². The fourth-order valence-electron chi connectivity index (χ4n) is 2.42. The minimum atomic E-state index is -1.38. The number of rotatable bonds is 13. The lowest BCUT2D eigenvalue weighted by atomic mass is 10.1. The first-order chi connectivity index (χ1) is 14.1. The first-order valence-corrected chi connectivity index (χ1v) is 8.93. The van der Waals surface area contributed by atoms with Gasteiger partial charge in [0.15, 0.2) is 5.96 Å². The van der Waals surface area contributed by atoms with Gasteiger partial charge >= 0.3 is 11.9 Å². The molecule has 1 aromatic rings. The molecular formula is C16H26N8O6. The van der Waals surface area contributed by atoms with Gasteiger partial charge in [-0.25, -0.2) is 9.78 Å². The summed E-state index contributed by atoms with van der Waals surface area (Å²) in [5, 5.41) is 22.8. The van der Waals surface area contributed by atoms with Gasteiger partial charge in [0, 0.05) is 24.9 Å². The summed E-state index contributed by atoms with van der Waals surface area (Å²) < 4.78 is 0. The van der Waals surface area contributed by atoms with Crippen molar-refractivity contribution in [1.29, 1.82) is 0 Å². The Morgan fingerprint density at radius 2 is 1.80 bits per heavy atom. The number of aliphatic imine (C=N–C) groups is 1. The first-order valence-electron chi connectivity index (χ1n) is 8.93. The van der Waals surface area contributed by atoms with Crippen molar-refractivity contribution < 1.29 is 29.4 Å². The SMILES string of the molecule is NC(N)=NCCC[C@H](NC(=O)[C@@H](N)CC(=O)O)C(=O)N[C@@H](Cc1cnc[nH]1)C(=O)O. The molecule has 0 radical (unpaired) electrons. The molecule has 1 aromatic heterocycles. The third-order valence-corrected chi connectivity index (χ3v) is 3.90. The van der Waals surface area contributed by atoms with Crippen LogP contribution in [-0.4, -0.2) is 74.6 Å². The van der Waals surface area contributed by atoms with Gasteiger partial charge in [-0.3, -0.25) is 19.4 Å². The number of carboxylic acid groups (broad SMARTS) is 2. The highest BCUT2D eigenvalue weighted by molar-refractivity contribution is 5.92. The van der Waals surface area contributed by atoms with Crippen molar-refractivity contribution in [2.75, 3.05) is 6.54 Å². The van der Waals surface area contributed by atoms with Gasteiger partial charge in [0.1, 0.15) is 12.1 Å². The molecule has 1 heterocycles. The molecule has 0 fully saturated rings. The van der Waals surface area contributed by atoms with Crippen LogP contribution in [0.5, 0.6) is 0 Å².